The largest absolute Gasteiger partial charge is 0.391 e. The number of hydrogen-bond acceptors (Lipinski definition) is 2. The van der Waals surface area contributed by atoms with E-state index in [9.17, 15) is 18.0 Å². The minimum Gasteiger partial charge on any atom is -0.370 e. The zero-order chi connectivity index (χ0) is 15.7. The van der Waals surface area contributed by atoms with Crippen molar-refractivity contribution < 1.29 is 18.0 Å². The molecule has 21 heavy (non-hydrogen) atoms. The highest BCUT2D eigenvalue weighted by atomic mass is 35.5. The van der Waals surface area contributed by atoms with E-state index in [1.54, 1.807) is 24.3 Å². The average molecular weight is 321 g/mol. The maximum atomic E-state index is 13.0. The summed E-state index contributed by atoms with van der Waals surface area (Å²) in [5.41, 5.74) is 4.40. The number of anilines is 1. The molecule has 1 amide bonds. The Morgan fingerprint density at radius 2 is 2.05 bits per heavy atom. The third-order valence-corrected chi connectivity index (χ3v) is 4.26. The number of primary amides is 1. The lowest BCUT2D eigenvalue weighted by Gasteiger charge is -2.40. The first-order valence-corrected chi connectivity index (χ1v) is 7.02. The summed E-state index contributed by atoms with van der Waals surface area (Å²) in [7, 11) is 0. The summed E-state index contributed by atoms with van der Waals surface area (Å²) >= 11 is 6.00. The second-order valence-electron chi connectivity index (χ2n) is 5.39. The average Bonchev–Trinajstić information content (AvgIpc) is 2.40. The van der Waals surface area contributed by atoms with Crippen LogP contribution in [-0.4, -0.2) is 17.6 Å². The Morgan fingerprint density at radius 3 is 2.62 bits per heavy atom. The van der Waals surface area contributed by atoms with Crippen LogP contribution in [0.25, 0.3) is 0 Å². The van der Waals surface area contributed by atoms with E-state index >= 15 is 0 Å². The molecule has 2 rings (SSSR count). The van der Waals surface area contributed by atoms with Gasteiger partial charge in [0.1, 0.15) is 5.54 Å². The smallest absolute Gasteiger partial charge is 0.370 e. The first-order chi connectivity index (χ1) is 9.74. The normalized spacial score (nSPS) is 26.4. The molecule has 2 atom stereocenters. The van der Waals surface area contributed by atoms with Gasteiger partial charge in [0.2, 0.25) is 5.91 Å². The summed E-state index contributed by atoms with van der Waals surface area (Å²) in [6.45, 7) is 0. The molecule has 0 aromatic heterocycles. The van der Waals surface area contributed by atoms with Crippen molar-refractivity contribution in [3.63, 3.8) is 0 Å². The number of hydrogen-bond donors (Lipinski definition) is 2. The van der Waals surface area contributed by atoms with Crippen molar-refractivity contribution in [1.82, 2.24) is 0 Å². The van der Waals surface area contributed by atoms with Gasteiger partial charge in [-0.25, -0.2) is 0 Å². The quantitative estimate of drug-likeness (QED) is 0.891. The van der Waals surface area contributed by atoms with Gasteiger partial charge in [-0.05, 0) is 37.8 Å². The highest BCUT2D eigenvalue weighted by Crippen LogP contribution is 2.43. The van der Waals surface area contributed by atoms with Crippen molar-refractivity contribution in [1.29, 1.82) is 0 Å². The highest BCUT2D eigenvalue weighted by Gasteiger charge is 2.50. The van der Waals surface area contributed by atoms with Gasteiger partial charge in [0.15, 0.2) is 0 Å². The number of carbonyl (C=O) groups excluding carboxylic acids is 1. The van der Waals surface area contributed by atoms with Gasteiger partial charge in [0, 0.05) is 0 Å². The number of nitrogens with one attached hydrogen (secondary N) is 1. The lowest BCUT2D eigenvalue weighted by molar-refractivity contribution is -0.186. The molecule has 0 bridgehead atoms. The van der Waals surface area contributed by atoms with E-state index in [1.807, 2.05) is 0 Å². The van der Waals surface area contributed by atoms with Gasteiger partial charge in [0.05, 0.1) is 16.6 Å². The van der Waals surface area contributed by atoms with Gasteiger partial charge in [-0.3, -0.25) is 4.79 Å². The van der Waals surface area contributed by atoms with Crippen molar-refractivity contribution in [2.24, 2.45) is 11.7 Å². The molecule has 2 unspecified atom stereocenters. The minimum absolute atomic E-state index is 0.0166. The number of rotatable bonds is 3. The molecular formula is C14H16ClF3N2O. The number of carbonyl (C=O) groups is 1. The van der Waals surface area contributed by atoms with Crippen molar-refractivity contribution in [2.75, 3.05) is 5.32 Å². The molecule has 1 fully saturated rings. The first kappa shape index (κ1) is 15.9. The van der Waals surface area contributed by atoms with Crippen molar-refractivity contribution in [2.45, 2.75) is 37.4 Å². The van der Waals surface area contributed by atoms with E-state index < -0.39 is 23.5 Å². The number of nitrogens with two attached hydrogens (primary N) is 1. The fraction of sp³-hybridized carbons (Fsp3) is 0.500. The molecular weight excluding hydrogens is 305 g/mol. The Morgan fingerprint density at radius 1 is 1.38 bits per heavy atom. The second-order valence-corrected chi connectivity index (χ2v) is 5.79. The van der Waals surface area contributed by atoms with Crippen LogP contribution in [0, 0.1) is 5.92 Å². The molecule has 1 aliphatic carbocycles. The molecule has 1 saturated carbocycles. The fourth-order valence-electron chi connectivity index (χ4n) is 2.77. The third-order valence-electron chi connectivity index (χ3n) is 3.93. The van der Waals surface area contributed by atoms with Gasteiger partial charge in [0.25, 0.3) is 0 Å². The van der Waals surface area contributed by atoms with E-state index in [4.69, 9.17) is 17.3 Å². The molecule has 1 aliphatic rings. The Labute approximate surface area is 125 Å². The van der Waals surface area contributed by atoms with Crippen LogP contribution in [-0.2, 0) is 4.79 Å². The summed E-state index contributed by atoms with van der Waals surface area (Å²) in [6.07, 6.45) is -4.13. The summed E-state index contributed by atoms with van der Waals surface area (Å²) < 4.78 is 38.9. The maximum Gasteiger partial charge on any atom is 0.391 e. The number of benzene rings is 1. The molecule has 0 saturated heterocycles. The molecule has 0 spiro atoms. The monoisotopic (exact) mass is 320 g/mol. The van der Waals surface area contributed by atoms with Crippen LogP contribution < -0.4 is 11.1 Å². The highest BCUT2D eigenvalue weighted by molar-refractivity contribution is 6.33. The van der Waals surface area contributed by atoms with E-state index in [2.05, 4.69) is 5.32 Å². The lowest BCUT2D eigenvalue weighted by Crippen LogP contribution is -2.55. The predicted molar refractivity (Wildman–Crippen MR) is 75.0 cm³/mol. The molecule has 0 heterocycles. The molecule has 1 aromatic carbocycles. The van der Waals surface area contributed by atoms with Gasteiger partial charge >= 0.3 is 6.18 Å². The summed E-state index contributed by atoms with van der Waals surface area (Å²) in [5, 5.41) is 3.20. The van der Waals surface area contributed by atoms with Crippen LogP contribution >= 0.6 is 11.6 Å². The van der Waals surface area contributed by atoms with Crippen LogP contribution in [0.15, 0.2) is 24.3 Å². The van der Waals surface area contributed by atoms with Crippen molar-refractivity contribution in [3.05, 3.63) is 29.3 Å². The second kappa shape index (κ2) is 5.75. The molecule has 0 aliphatic heterocycles. The summed E-state index contributed by atoms with van der Waals surface area (Å²) in [4.78, 5) is 11.8. The Balaban J connectivity index is 2.29. The maximum absolute atomic E-state index is 13.0. The van der Waals surface area contributed by atoms with Gasteiger partial charge in [-0.15, -0.1) is 0 Å². The topological polar surface area (TPSA) is 55.1 Å². The lowest BCUT2D eigenvalue weighted by atomic mass is 9.74. The van der Waals surface area contributed by atoms with E-state index in [0.29, 0.717) is 10.7 Å². The molecule has 0 radical (unpaired) electrons. The van der Waals surface area contributed by atoms with Crippen LogP contribution in [0.1, 0.15) is 25.7 Å². The van der Waals surface area contributed by atoms with E-state index in [1.165, 1.54) is 0 Å². The van der Waals surface area contributed by atoms with Gasteiger partial charge in [-0.2, -0.15) is 13.2 Å². The summed E-state index contributed by atoms with van der Waals surface area (Å²) in [5.74, 6) is -2.31. The minimum atomic E-state index is -4.33. The standard InChI is InChI=1S/C14H16ClF3N2O/c15-10-5-1-2-6-11(10)20-13(12(19)21)7-3-4-9(8-13)14(16,17)18/h1-2,5-6,9,20H,3-4,7-8H2,(H2,19,21). The van der Waals surface area contributed by atoms with E-state index in [-0.39, 0.29) is 25.7 Å². The summed E-state index contributed by atoms with van der Waals surface area (Å²) in [6, 6.07) is 6.60. The fourth-order valence-corrected chi connectivity index (χ4v) is 2.96. The molecule has 3 N–H and O–H groups in total. The SMILES string of the molecule is NC(=O)C1(Nc2ccccc2Cl)CCCC(C(F)(F)F)C1. The third kappa shape index (κ3) is 3.43. The Kier molecular flexibility index (Phi) is 4.37. The van der Waals surface area contributed by atoms with Crippen LogP contribution in [0.5, 0.6) is 0 Å². The molecule has 3 nitrogen and oxygen atoms in total. The number of alkyl halides is 3. The Bertz CT molecular complexity index is 535. The number of amides is 1. The van der Waals surface area contributed by atoms with Crippen LogP contribution in [0.2, 0.25) is 5.02 Å². The predicted octanol–water partition coefficient (Wildman–Crippen LogP) is 3.73. The van der Waals surface area contributed by atoms with Crippen molar-refractivity contribution in [3.8, 4) is 0 Å². The Hall–Kier alpha value is -1.43. The molecule has 116 valence electrons. The zero-order valence-electron chi connectivity index (χ0n) is 11.2. The molecule has 7 heteroatoms. The zero-order valence-corrected chi connectivity index (χ0v) is 12.0. The number of para-hydroxylation sites is 1. The van der Waals surface area contributed by atoms with Crippen molar-refractivity contribution >= 4 is 23.2 Å². The van der Waals surface area contributed by atoms with E-state index in [0.717, 1.165) is 0 Å². The van der Waals surface area contributed by atoms with Crippen LogP contribution in [0.4, 0.5) is 18.9 Å². The van der Waals surface area contributed by atoms with Crippen LogP contribution in [0.3, 0.4) is 0 Å². The van der Waals surface area contributed by atoms with Gasteiger partial charge < -0.3 is 11.1 Å². The number of halogens is 4. The van der Waals surface area contributed by atoms with Gasteiger partial charge in [-0.1, -0.05) is 23.7 Å². The first-order valence-electron chi connectivity index (χ1n) is 6.64. The molecule has 1 aromatic rings.